The van der Waals surface area contributed by atoms with Crippen molar-refractivity contribution in [2.45, 2.75) is 25.6 Å². The Bertz CT molecular complexity index is 684. The van der Waals surface area contributed by atoms with Crippen LogP contribution in [0.25, 0.3) is 0 Å². The number of carbonyl (C=O) groups excluding carboxylic acids is 1. The first-order valence-electron chi connectivity index (χ1n) is 7.41. The molecule has 0 saturated heterocycles. The number of carbonyl (C=O) groups is 1. The average Bonchev–Trinajstić information content (AvgIpc) is 2.54. The highest BCUT2D eigenvalue weighted by Crippen LogP contribution is 2.27. The van der Waals surface area contributed by atoms with Gasteiger partial charge in [-0.05, 0) is 23.6 Å². The number of hydrogen-bond donors (Lipinski definition) is 1. The molecule has 0 fully saturated rings. The molecular formula is C18H20N2O2. The molecule has 0 radical (unpaired) electrons. The summed E-state index contributed by atoms with van der Waals surface area (Å²) in [6, 6.07) is 15.8. The van der Waals surface area contributed by atoms with Crippen molar-refractivity contribution in [1.82, 2.24) is 4.90 Å². The summed E-state index contributed by atoms with van der Waals surface area (Å²) in [5.41, 5.74) is 9.16. The topological polar surface area (TPSA) is 55.6 Å². The third-order valence-corrected chi connectivity index (χ3v) is 4.24. The van der Waals surface area contributed by atoms with Crippen molar-refractivity contribution in [3.63, 3.8) is 0 Å². The predicted octanol–water partition coefficient (Wildman–Crippen LogP) is 2.11. The van der Waals surface area contributed by atoms with E-state index in [2.05, 4.69) is 17.0 Å². The molecule has 2 aromatic rings. The second-order valence-corrected chi connectivity index (χ2v) is 5.61. The fourth-order valence-electron chi connectivity index (χ4n) is 3.08. The Balaban J connectivity index is 1.89. The van der Waals surface area contributed by atoms with Gasteiger partial charge in [-0.25, -0.2) is 0 Å². The largest absolute Gasteiger partial charge is 0.496 e. The van der Waals surface area contributed by atoms with Gasteiger partial charge in [-0.15, -0.1) is 0 Å². The minimum atomic E-state index is -0.278. The van der Waals surface area contributed by atoms with E-state index in [9.17, 15) is 4.79 Å². The average molecular weight is 296 g/mol. The third kappa shape index (κ3) is 2.83. The SMILES string of the molecule is COc1ccccc1CN1Cc2ccccc2C[C@H]1C(N)=O. The zero-order chi connectivity index (χ0) is 15.5. The Hall–Kier alpha value is -2.33. The van der Waals surface area contributed by atoms with Crippen LogP contribution in [0.2, 0.25) is 0 Å². The molecule has 0 aromatic heterocycles. The molecule has 0 aliphatic carbocycles. The van der Waals surface area contributed by atoms with Gasteiger partial charge in [-0.3, -0.25) is 9.69 Å². The van der Waals surface area contributed by atoms with Crippen LogP contribution in [-0.4, -0.2) is 24.0 Å². The van der Waals surface area contributed by atoms with E-state index in [4.69, 9.17) is 10.5 Å². The molecule has 0 unspecified atom stereocenters. The summed E-state index contributed by atoms with van der Waals surface area (Å²) >= 11 is 0. The molecule has 0 saturated carbocycles. The molecule has 4 nitrogen and oxygen atoms in total. The molecule has 1 amide bonds. The molecule has 114 valence electrons. The van der Waals surface area contributed by atoms with Crippen molar-refractivity contribution >= 4 is 5.91 Å². The van der Waals surface area contributed by atoms with Crippen molar-refractivity contribution in [2.24, 2.45) is 5.73 Å². The van der Waals surface area contributed by atoms with Gasteiger partial charge in [0.2, 0.25) is 5.91 Å². The molecule has 2 aromatic carbocycles. The van der Waals surface area contributed by atoms with Gasteiger partial charge >= 0.3 is 0 Å². The predicted molar refractivity (Wildman–Crippen MR) is 85.4 cm³/mol. The minimum Gasteiger partial charge on any atom is -0.496 e. The standard InChI is InChI=1S/C18H20N2O2/c1-22-17-9-5-4-8-15(17)12-20-11-14-7-3-2-6-13(14)10-16(20)18(19)21/h2-9,16H,10-12H2,1H3,(H2,19,21)/t16-/m0/s1. The molecule has 1 aliphatic rings. The Morgan fingerprint density at radius 1 is 1.18 bits per heavy atom. The summed E-state index contributed by atoms with van der Waals surface area (Å²) in [7, 11) is 1.66. The number of amides is 1. The van der Waals surface area contributed by atoms with Crippen LogP contribution >= 0.6 is 0 Å². The maximum Gasteiger partial charge on any atom is 0.235 e. The Morgan fingerprint density at radius 2 is 1.86 bits per heavy atom. The van der Waals surface area contributed by atoms with Crippen molar-refractivity contribution in [1.29, 1.82) is 0 Å². The normalized spacial score (nSPS) is 17.8. The van der Waals surface area contributed by atoms with Gasteiger partial charge in [0.05, 0.1) is 13.2 Å². The first-order chi connectivity index (χ1) is 10.7. The Labute approximate surface area is 130 Å². The zero-order valence-electron chi connectivity index (χ0n) is 12.7. The van der Waals surface area contributed by atoms with Crippen LogP contribution in [0.3, 0.4) is 0 Å². The van der Waals surface area contributed by atoms with Gasteiger partial charge in [0.15, 0.2) is 0 Å². The van der Waals surface area contributed by atoms with Crippen LogP contribution < -0.4 is 10.5 Å². The van der Waals surface area contributed by atoms with Crippen molar-refractivity contribution in [2.75, 3.05) is 7.11 Å². The first kappa shape index (κ1) is 14.6. The number of primary amides is 1. The molecule has 1 heterocycles. The summed E-state index contributed by atoms with van der Waals surface area (Å²) in [5, 5.41) is 0. The van der Waals surface area contributed by atoms with E-state index in [0.29, 0.717) is 13.0 Å². The van der Waals surface area contributed by atoms with Crippen molar-refractivity contribution in [3.05, 3.63) is 65.2 Å². The van der Waals surface area contributed by atoms with Gasteiger partial charge in [0.1, 0.15) is 5.75 Å². The molecule has 0 spiro atoms. The van der Waals surface area contributed by atoms with Gasteiger partial charge < -0.3 is 10.5 Å². The van der Waals surface area contributed by atoms with Gasteiger partial charge in [0, 0.05) is 18.7 Å². The fourth-order valence-corrected chi connectivity index (χ4v) is 3.08. The van der Waals surface area contributed by atoms with E-state index in [-0.39, 0.29) is 11.9 Å². The fraction of sp³-hybridized carbons (Fsp3) is 0.278. The second kappa shape index (κ2) is 6.20. The van der Waals surface area contributed by atoms with Crippen LogP contribution in [0.4, 0.5) is 0 Å². The molecule has 3 rings (SSSR count). The highest BCUT2D eigenvalue weighted by molar-refractivity contribution is 5.80. The summed E-state index contributed by atoms with van der Waals surface area (Å²) in [6.07, 6.45) is 0.667. The Morgan fingerprint density at radius 3 is 2.59 bits per heavy atom. The van der Waals surface area contributed by atoms with Crippen LogP contribution in [0.15, 0.2) is 48.5 Å². The highest BCUT2D eigenvalue weighted by Gasteiger charge is 2.30. The van der Waals surface area contributed by atoms with E-state index >= 15 is 0 Å². The summed E-state index contributed by atoms with van der Waals surface area (Å²) in [4.78, 5) is 14.0. The molecule has 2 N–H and O–H groups in total. The summed E-state index contributed by atoms with van der Waals surface area (Å²) < 4.78 is 5.41. The highest BCUT2D eigenvalue weighted by atomic mass is 16.5. The molecule has 1 atom stereocenters. The number of fused-ring (bicyclic) bond motifs is 1. The van der Waals surface area contributed by atoms with Crippen LogP contribution in [0, 0.1) is 0 Å². The van der Waals surface area contributed by atoms with E-state index in [0.717, 1.165) is 17.9 Å². The molecular weight excluding hydrogens is 276 g/mol. The van der Waals surface area contributed by atoms with Crippen LogP contribution in [0.5, 0.6) is 5.75 Å². The number of rotatable bonds is 4. The van der Waals surface area contributed by atoms with Crippen LogP contribution in [-0.2, 0) is 24.3 Å². The monoisotopic (exact) mass is 296 g/mol. The smallest absolute Gasteiger partial charge is 0.235 e. The molecule has 4 heteroatoms. The summed E-state index contributed by atoms with van der Waals surface area (Å²) in [5.74, 6) is 0.564. The van der Waals surface area contributed by atoms with E-state index in [1.165, 1.54) is 11.1 Å². The lowest BCUT2D eigenvalue weighted by Crippen LogP contribution is -2.48. The number of ether oxygens (including phenoxy) is 1. The lowest BCUT2D eigenvalue weighted by Gasteiger charge is -2.35. The third-order valence-electron chi connectivity index (χ3n) is 4.24. The number of nitrogens with two attached hydrogens (primary N) is 1. The lowest BCUT2D eigenvalue weighted by molar-refractivity contribution is -0.124. The van der Waals surface area contributed by atoms with E-state index < -0.39 is 0 Å². The number of methoxy groups -OCH3 is 1. The van der Waals surface area contributed by atoms with Gasteiger partial charge in [0.25, 0.3) is 0 Å². The number of para-hydroxylation sites is 1. The number of benzene rings is 2. The first-order valence-corrected chi connectivity index (χ1v) is 7.41. The van der Waals surface area contributed by atoms with Gasteiger partial charge in [-0.1, -0.05) is 42.5 Å². The molecule has 0 bridgehead atoms. The zero-order valence-corrected chi connectivity index (χ0v) is 12.7. The quantitative estimate of drug-likeness (QED) is 0.940. The van der Waals surface area contributed by atoms with Crippen molar-refractivity contribution in [3.8, 4) is 5.75 Å². The molecule has 1 aliphatic heterocycles. The van der Waals surface area contributed by atoms with E-state index in [1.807, 2.05) is 36.4 Å². The van der Waals surface area contributed by atoms with E-state index in [1.54, 1.807) is 7.11 Å². The maximum absolute atomic E-state index is 11.9. The summed E-state index contributed by atoms with van der Waals surface area (Å²) in [6.45, 7) is 1.37. The lowest BCUT2D eigenvalue weighted by atomic mass is 9.93. The second-order valence-electron chi connectivity index (χ2n) is 5.61. The van der Waals surface area contributed by atoms with Gasteiger partial charge in [-0.2, -0.15) is 0 Å². The van der Waals surface area contributed by atoms with Crippen LogP contribution in [0.1, 0.15) is 16.7 Å². The maximum atomic E-state index is 11.9. The Kier molecular flexibility index (Phi) is 4.11. The molecule has 22 heavy (non-hydrogen) atoms. The number of hydrogen-bond acceptors (Lipinski definition) is 3. The number of nitrogens with zero attached hydrogens (tertiary/aromatic N) is 1. The minimum absolute atomic E-state index is 0.274. The van der Waals surface area contributed by atoms with Crippen molar-refractivity contribution < 1.29 is 9.53 Å².